The monoisotopic (exact) mass is 382 g/mol. The number of amides is 1. The van der Waals surface area contributed by atoms with Crippen LogP contribution >= 0.6 is 11.3 Å². The van der Waals surface area contributed by atoms with Gasteiger partial charge in [-0.05, 0) is 41.3 Å². The molecule has 138 valence electrons. The summed E-state index contributed by atoms with van der Waals surface area (Å²) in [7, 11) is 3.19. The van der Waals surface area contributed by atoms with Crippen molar-refractivity contribution in [1.82, 2.24) is 5.01 Å². The predicted molar refractivity (Wildman–Crippen MR) is 103 cm³/mol. The van der Waals surface area contributed by atoms with E-state index in [0.29, 0.717) is 17.9 Å². The van der Waals surface area contributed by atoms with Crippen molar-refractivity contribution in [2.24, 2.45) is 5.10 Å². The number of hydrazone groups is 1. The number of thiophene rings is 1. The molecule has 27 heavy (non-hydrogen) atoms. The van der Waals surface area contributed by atoms with Gasteiger partial charge in [0, 0.05) is 6.42 Å². The van der Waals surface area contributed by atoms with E-state index in [0.717, 1.165) is 16.2 Å². The van der Waals surface area contributed by atoms with Crippen LogP contribution < -0.4 is 9.47 Å². The highest BCUT2D eigenvalue weighted by molar-refractivity contribution is 7.12. The van der Waals surface area contributed by atoms with Crippen LogP contribution in [0.5, 0.6) is 11.5 Å². The second kappa shape index (κ2) is 7.28. The Bertz CT molecular complexity index is 964. The second-order valence-corrected chi connectivity index (χ2v) is 6.93. The summed E-state index contributed by atoms with van der Waals surface area (Å²) in [6, 6.07) is 12.7. The number of methoxy groups -OCH3 is 2. The van der Waals surface area contributed by atoms with E-state index in [9.17, 15) is 4.79 Å². The molecule has 2 aromatic heterocycles. The van der Waals surface area contributed by atoms with E-state index in [2.05, 4.69) is 5.10 Å². The number of ether oxygens (including phenoxy) is 2. The molecule has 0 saturated heterocycles. The molecule has 0 unspecified atom stereocenters. The van der Waals surface area contributed by atoms with Crippen molar-refractivity contribution in [3.63, 3.8) is 0 Å². The predicted octanol–water partition coefficient (Wildman–Crippen LogP) is 4.35. The molecule has 0 fully saturated rings. The Morgan fingerprint density at radius 2 is 2.04 bits per heavy atom. The molecule has 1 aliphatic heterocycles. The van der Waals surface area contributed by atoms with Gasteiger partial charge in [-0.25, -0.2) is 5.01 Å². The van der Waals surface area contributed by atoms with Gasteiger partial charge >= 0.3 is 5.91 Å². The molecular weight excluding hydrogens is 364 g/mol. The Labute approximate surface area is 160 Å². The number of nitrogens with zero attached hydrogens (tertiary/aromatic N) is 2. The second-order valence-electron chi connectivity index (χ2n) is 5.99. The first-order chi connectivity index (χ1) is 13.2. The molecule has 0 radical (unpaired) electrons. The van der Waals surface area contributed by atoms with E-state index in [1.54, 1.807) is 37.7 Å². The van der Waals surface area contributed by atoms with Crippen molar-refractivity contribution >= 4 is 23.0 Å². The lowest BCUT2D eigenvalue weighted by Crippen LogP contribution is -2.26. The first kappa shape index (κ1) is 17.4. The summed E-state index contributed by atoms with van der Waals surface area (Å²) < 4.78 is 16.0. The summed E-state index contributed by atoms with van der Waals surface area (Å²) >= 11 is 1.61. The number of furan rings is 1. The van der Waals surface area contributed by atoms with Crippen LogP contribution in [-0.2, 0) is 0 Å². The normalized spacial score (nSPS) is 16.3. The minimum atomic E-state index is -0.272. The largest absolute Gasteiger partial charge is 0.493 e. The van der Waals surface area contributed by atoms with Gasteiger partial charge < -0.3 is 13.9 Å². The van der Waals surface area contributed by atoms with Gasteiger partial charge in [0.25, 0.3) is 0 Å². The molecule has 1 amide bonds. The van der Waals surface area contributed by atoms with Crippen LogP contribution in [0.2, 0.25) is 0 Å². The third kappa shape index (κ3) is 3.21. The maximum absolute atomic E-state index is 13.0. The summed E-state index contributed by atoms with van der Waals surface area (Å²) in [6.45, 7) is 0. The fourth-order valence-corrected chi connectivity index (χ4v) is 3.84. The molecule has 0 N–H and O–H groups in total. The molecule has 1 aromatic carbocycles. The average molecular weight is 382 g/mol. The fraction of sp³-hybridized carbons (Fsp3) is 0.200. The zero-order chi connectivity index (χ0) is 18.8. The van der Waals surface area contributed by atoms with Crippen LogP contribution in [0.15, 0.2) is 63.6 Å². The van der Waals surface area contributed by atoms with Crippen LogP contribution in [0.4, 0.5) is 0 Å². The van der Waals surface area contributed by atoms with Crippen molar-refractivity contribution in [3.05, 3.63) is 70.3 Å². The Kier molecular flexibility index (Phi) is 4.68. The minimum absolute atomic E-state index is 0.250. The summed E-state index contributed by atoms with van der Waals surface area (Å²) in [4.78, 5) is 14.0. The Morgan fingerprint density at radius 3 is 2.70 bits per heavy atom. The molecule has 0 saturated carbocycles. The number of hydrogen-bond donors (Lipinski definition) is 0. The van der Waals surface area contributed by atoms with Crippen molar-refractivity contribution < 1.29 is 18.7 Å². The SMILES string of the molecule is COc1ccc([C@H]2CC(c3cccs3)=NN2C(=O)c2ccco2)cc1OC. The van der Waals surface area contributed by atoms with Crippen molar-refractivity contribution in [2.45, 2.75) is 12.5 Å². The van der Waals surface area contributed by atoms with E-state index in [4.69, 9.17) is 13.9 Å². The molecule has 1 atom stereocenters. The Hall–Kier alpha value is -3.06. The molecule has 7 heteroatoms. The smallest absolute Gasteiger partial charge is 0.310 e. The van der Waals surface area contributed by atoms with E-state index in [1.807, 2.05) is 35.7 Å². The fourth-order valence-electron chi connectivity index (χ4n) is 3.12. The summed E-state index contributed by atoms with van der Waals surface area (Å²) in [6.07, 6.45) is 2.10. The van der Waals surface area contributed by atoms with Gasteiger partial charge in [-0.2, -0.15) is 5.10 Å². The molecule has 0 spiro atoms. The number of rotatable bonds is 5. The summed E-state index contributed by atoms with van der Waals surface area (Å²) in [5.41, 5.74) is 1.80. The van der Waals surface area contributed by atoms with Crippen LogP contribution in [0.1, 0.15) is 33.5 Å². The molecule has 4 rings (SSSR count). The van der Waals surface area contributed by atoms with Gasteiger partial charge in [0.05, 0.1) is 37.1 Å². The lowest BCUT2D eigenvalue weighted by molar-refractivity contribution is 0.0678. The van der Waals surface area contributed by atoms with E-state index in [1.165, 1.54) is 11.3 Å². The highest BCUT2D eigenvalue weighted by Gasteiger charge is 2.35. The lowest BCUT2D eigenvalue weighted by Gasteiger charge is -2.22. The van der Waals surface area contributed by atoms with Crippen LogP contribution in [0, 0.1) is 0 Å². The number of carbonyl (C=O) groups is 1. The number of hydrogen-bond acceptors (Lipinski definition) is 6. The number of benzene rings is 1. The first-order valence-electron chi connectivity index (χ1n) is 8.41. The highest BCUT2D eigenvalue weighted by atomic mass is 32.1. The maximum atomic E-state index is 13.0. The van der Waals surface area contributed by atoms with Crippen molar-refractivity contribution in [3.8, 4) is 11.5 Å². The van der Waals surface area contributed by atoms with Gasteiger partial charge in [-0.15, -0.1) is 11.3 Å². The molecule has 3 heterocycles. The van der Waals surface area contributed by atoms with Crippen LogP contribution in [-0.4, -0.2) is 30.8 Å². The van der Waals surface area contributed by atoms with E-state index in [-0.39, 0.29) is 17.7 Å². The van der Waals surface area contributed by atoms with Crippen molar-refractivity contribution in [2.75, 3.05) is 14.2 Å². The molecule has 1 aliphatic rings. The average Bonchev–Trinajstić information content (AvgIpc) is 3.47. The van der Waals surface area contributed by atoms with Crippen molar-refractivity contribution in [1.29, 1.82) is 0 Å². The van der Waals surface area contributed by atoms with Crippen LogP contribution in [0.25, 0.3) is 0 Å². The lowest BCUT2D eigenvalue weighted by atomic mass is 10.0. The third-order valence-corrected chi connectivity index (χ3v) is 5.37. The number of carbonyl (C=O) groups excluding carboxylic acids is 1. The van der Waals surface area contributed by atoms with E-state index < -0.39 is 0 Å². The molecule has 3 aromatic rings. The quantitative estimate of drug-likeness (QED) is 0.658. The highest BCUT2D eigenvalue weighted by Crippen LogP contribution is 2.38. The molecule has 0 aliphatic carbocycles. The molecule has 6 nitrogen and oxygen atoms in total. The van der Waals surface area contributed by atoms with E-state index >= 15 is 0 Å². The van der Waals surface area contributed by atoms with Crippen LogP contribution in [0.3, 0.4) is 0 Å². The molecular formula is C20H18N2O4S. The Balaban J connectivity index is 1.73. The first-order valence-corrected chi connectivity index (χ1v) is 9.29. The van der Waals surface area contributed by atoms with Gasteiger partial charge in [-0.1, -0.05) is 12.1 Å². The van der Waals surface area contributed by atoms with Gasteiger partial charge in [0.15, 0.2) is 17.3 Å². The summed E-state index contributed by atoms with van der Waals surface area (Å²) in [5, 5.41) is 8.12. The topological polar surface area (TPSA) is 64.3 Å². The Morgan fingerprint density at radius 1 is 1.19 bits per heavy atom. The maximum Gasteiger partial charge on any atom is 0.310 e. The van der Waals surface area contributed by atoms with Gasteiger partial charge in [-0.3, -0.25) is 4.79 Å². The van der Waals surface area contributed by atoms with Gasteiger partial charge in [0.2, 0.25) is 0 Å². The zero-order valence-electron chi connectivity index (χ0n) is 14.9. The van der Waals surface area contributed by atoms with Gasteiger partial charge in [0.1, 0.15) is 0 Å². The molecule has 0 bridgehead atoms. The minimum Gasteiger partial charge on any atom is -0.493 e. The summed E-state index contributed by atoms with van der Waals surface area (Å²) in [5.74, 6) is 1.25. The third-order valence-electron chi connectivity index (χ3n) is 4.45. The zero-order valence-corrected chi connectivity index (χ0v) is 15.7. The standard InChI is InChI=1S/C20H18N2O4S/c1-24-16-8-7-13(11-18(16)25-2)15-12-14(19-6-4-10-27-19)21-22(15)20(23)17-5-3-9-26-17/h3-11,15H,12H2,1-2H3/t15-/m1/s1.